The van der Waals surface area contributed by atoms with Gasteiger partial charge in [0.25, 0.3) is 36.0 Å². The molecule has 17 nitrogen and oxygen atoms in total. The SMILES string of the molecule is O=[N+]([O-])c1ccc(C=Cc2ccc([N+]([O-])=Nc3ccc(N=Nc4ccc(S(=O)(=O)O)cc4)c4ccccc34)cc2S(=O)(=O)O)c(S(=O)(=O)O)c1. The van der Waals surface area contributed by atoms with Gasteiger partial charge in [0.1, 0.15) is 15.5 Å². The molecular formula is C30H21N5O12S3. The van der Waals surface area contributed by atoms with Gasteiger partial charge in [0.15, 0.2) is 0 Å². The lowest BCUT2D eigenvalue weighted by Gasteiger charge is -2.07. The lowest BCUT2D eigenvalue weighted by Crippen LogP contribution is -2.03. The molecule has 0 bridgehead atoms. The van der Waals surface area contributed by atoms with E-state index in [2.05, 4.69) is 15.3 Å². The Kier molecular flexibility index (Phi) is 9.68. The number of hydrogen-bond donors (Lipinski definition) is 3. The minimum absolute atomic E-state index is 0.106. The molecule has 0 atom stereocenters. The smallest absolute Gasteiger partial charge is 0.295 e. The summed E-state index contributed by atoms with van der Waals surface area (Å²) in [6.07, 6.45) is 2.09. The molecule has 0 aliphatic rings. The fraction of sp³-hybridized carbons (Fsp3) is 0. The zero-order valence-electron chi connectivity index (χ0n) is 24.9. The Balaban J connectivity index is 1.49. The highest BCUT2D eigenvalue weighted by molar-refractivity contribution is 7.86. The predicted molar refractivity (Wildman–Crippen MR) is 178 cm³/mol. The molecule has 0 spiro atoms. The van der Waals surface area contributed by atoms with Crippen LogP contribution in [0.15, 0.2) is 127 Å². The van der Waals surface area contributed by atoms with Crippen molar-refractivity contribution >= 4 is 81.7 Å². The Hall–Kier alpha value is -5.77. The van der Waals surface area contributed by atoms with Crippen molar-refractivity contribution in [2.45, 2.75) is 14.7 Å². The summed E-state index contributed by atoms with van der Waals surface area (Å²) in [5.74, 6) is 0. The summed E-state index contributed by atoms with van der Waals surface area (Å²) in [5.41, 5.74) is -0.641. The zero-order valence-corrected chi connectivity index (χ0v) is 27.3. The largest absolute Gasteiger partial charge is 0.594 e. The van der Waals surface area contributed by atoms with E-state index in [0.29, 0.717) is 22.5 Å². The van der Waals surface area contributed by atoms with Gasteiger partial charge in [-0.15, -0.1) is 5.11 Å². The summed E-state index contributed by atoms with van der Waals surface area (Å²) in [6.45, 7) is 0. The van der Waals surface area contributed by atoms with Crippen molar-refractivity contribution in [1.29, 1.82) is 0 Å². The van der Waals surface area contributed by atoms with Crippen molar-refractivity contribution in [3.8, 4) is 0 Å². The summed E-state index contributed by atoms with van der Waals surface area (Å²) in [5, 5.41) is 37.5. The van der Waals surface area contributed by atoms with Gasteiger partial charge in [-0.3, -0.25) is 23.8 Å². The molecule has 20 heteroatoms. The van der Waals surface area contributed by atoms with Crippen LogP contribution >= 0.6 is 0 Å². The monoisotopic (exact) mass is 739 g/mol. The third-order valence-electron chi connectivity index (χ3n) is 6.91. The second kappa shape index (κ2) is 13.6. The van der Waals surface area contributed by atoms with Crippen LogP contribution < -0.4 is 0 Å². The van der Waals surface area contributed by atoms with Gasteiger partial charge >= 0.3 is 0 Å². The molecule has 0 aromatic heterocycles. The van der Waals surface area contributed by atoms with Crippen LogP contribution in [0, 0.1) is 15.3 Å². The maximum absolute atomic E-state index is 13.2. The van der Waals surface area contributed by atoms with E-state index >= 15 is 0 Å². The van der Waals surface area contributed by atoms with E-state index in [9.17, 15) is 49.7 Å². The van der Waals surface area contributed by atoms with E-state index in [1.54, 1.807) is 24.3 Å². The first-order chi connectivity index (χ1) is 23.4. The molecule has 0 radical (unpaired) electrons. The molecule has 0 unspecified atom stereocenters. The molecule has 5 aromatic rings. The van der Waals surface area contributed by atoms with E-state index in [-0.39, 0.29) is 37.9 Å². The number of benzene rings is 5. The van der Waals surface area contributed by atoms with Crippen LogP contribution in [0.3, 0.4) is 0 Å². The highest BCUT2D eigenvalue weighted by atomic mass is 32.2. The number of fused-ring (bicyclic) bond motifs is 1. The number of nitro groups is 1. The summed E-state index contributed by atoms with van der Waals surface area (Å²) in [4.78, 5) is 8.39. The third-order valence-corrected chi connectivity index (χ3v) is 9.60. The quantitative estimate of drug-likeness (QED) is 0.0326. The average molecular weight is 740 g/mol. The second-order valence-electron chi connectivity index (χ2n) is 10.2. The topological polar surface area (TPSA) is 269 Å². The molecule has 50 heavy (non-hydrogen) atoms. The lowest BCUT2D eigenvalue weighted by atomic mass is 10.1. The van der Waals surface area contributed by atoms with E-state index in [4.69, 9.17) is 4.55 Å². The van der Waals surface area contributed by atoms with E-state index in [1.165, 1.54) is 30.3 Å². The Labute approximate surface area is 283 Å². The first-order valence-corrected chi connectivity index (χ1v) is 18.0. The van der Waals surface area contributed by atoms with Crippen molar-refractivity contribution < 1.29 is 48.7 Å². The van der Waals surface area contributed by atoms with Crippen molar-refractivity contribution in [1.82, 2.24) is 0 Å². The number of rotatable bonds is 10. The molecule has 0 saturated carbocycles. The van der Waals surface area contributed by atoms with Gasteiger partial charge in [-0.2, -0.15) is 30.4 Å². The van der Waals surface area contributed by atoms with Crippen molar-refractivity contribution in [3.63, 3.8) is 0 Å². The molecule has 0 amide bonds. The second-order valence-corrected chi connectivity index (χ2v) is 14.4. The van der Waals surface area contributed by atoms with Crippen LogP contribution in [0.25, 0.3) is 22.9 Å². The Morgan fingerprint density at radius 2 is 1.08 bits per heavy atom. The molecule has 5 rings (SSSR count). The normalized spacial score (nSPS) is 13.0. The summed E-state index contributed by atoms with van der Waals surface area (Å²) >= 11 is 0. The standard InChI is InChI=1S/C30H21N5O12S3/c36-34(33-28-16-15-27(25-3-1-2-4-26(25)28)32-31-21-9-13-24(14-10-21)48(39,40)41)22-11-7-19(29(17-22)49(42,43)44)5-6-20-8-12-23(35(37)38)18-30(20)50(45,46)47/h1-18H,(H,39,40,41)(H,42,43,44)(H,45,46,47). The number of nitrogens with zero attached hydrogens (tertiary/aromatic N) is 5. The molecule has 0 saturated heterocycles. The van der Waals surface area contributed by atoms with Crippen LogP contribution in [-0.2, 0) is 30.4 Å². The van der Waals surface area contributed by atoms with Crippen molar-refractivity contribution in [2.75, 3.05) is 0 Å². The molecule has 0 fully saturated rings. The van der Waals surface area contributed by atoms with E-state index in [1.807, 2.05) is 0 Å². The van der Waals surface area contributed by atoms with Gasteiger partial charge < -0.3 is 5.21 Å². The minimum atomic E-state index is -4.98. The number of non-ortho nitro benzene ring substituents is 1. The van der Waals surface area contributed by atoms with Gasteiger partial charge in [0.2, 0.25) is 5.69 Å². The first-order valence-electron chi connectivity index (χ1n) is 13.7. The first kappa shape index (κ1) is 35.5. The Morgan fingerprint density at radius 3 is 1.60 bits per heavy atom. The summed E-state index contributed by atoms with van der Waals surface area (Å²) in [7, 11) is -14.3. The van der Waals surface area contributed by atoms with E-state index in [0.717, 1.165) is 48.6 Å². The predicted octanol–water partition coefficient (Wildman–Crippen LogP) is 7.00. The molecule has 0 aliphatic heterocycles. The van der Waals surface area contributed by atoms with Crippen molar-refractivity contribution in [3.05, 3.63) is 124 Å². The number of azo groups is 2. The fourth-order valence-corrected chi connectivity index (χ4v) is 6.46. The highest BCUT2D eigenvalue weighted by Crippen LogP contribution is 2.36. The summed E-state index contributed by atoms with van der Waals surface area (Å²) in [6, 6.07) is 20.3. The van der Waals surface area contributed by atoms with Crippen LogP contribution in [-0.4, -0.2) is 48.7 Å². The van der Waals surface area contributed by atoms with Gasteiger partial charge in [0.05, 0.1) is 21.2 Å². The fourth-order valence-electron chi connectivity index (χ4n) is 4.57. The Morgan fingerprint density at radius 1 is 0.580 bits per heavy atom. The van der Waals surface area contributed by atoms with Gasteiger partial charge in [-0.1, -0.05) is 41.3 Å². The molecule has 5 aromatic carbocycles. The number of nitro benzene ring substituents is 1. The molecule has 256 valence electrons. The van der Waals surface area contributed by atoms with Crippen LogP contribution in [0.1, 0.15) is 11.1 Å². The van der Waals surface area contributed by atoms with Gasteiger partial charge in [-0.05, 0) is 59.7 Å². The van der Waals surface area contributed by atoms with Gasteiger partial charge in [-0.25, -0.2) is 0 Å². The van der Waals surface area contributed by atoms with E-state index < -0.39 is 50.8 Å². The van der Waals surface area contributed by atoms with Crippen molar-refractivity contribution in [2.24, 2.45) is 15.3 Å². The maximum atomic E-state index is 13.2. The maximum Gasteiger partial charge on any atom is 0.295 e. The van der Waals surface area contributed by atoms with Crippen LogP contribution in [0.4, 0.5) is 28.4 Å². The van der Waals surface area contributed by atoms with Gasteiger partial charge in [0, 0.05) is 40.2 Å². The van der Waals surface area contributed by atoms with Crippen LogP contribution in [0.5, 0.6) is 0 Å². The minimum Gasteiger partial charge on any atom is -0.594 e. The zero-order chi connectivity index (χ0) is 36.4. The molecule has 3 N–H and O–H groups in total. The average Bonchev–Trinajstić information content (AvgIpc) is 3.05. The molecule has 0 heterocycles. The molecular weight excluding hydrogens is 719 g/mol. The summed E-state index contributed by atoms with van der Waals surface area (Å²) < 4.78 is 99.4. The lowest BCUT2D eigenvalue weighted by molar-refractivity contribution is -0.435. The highest BCUT2D eigenvalue weighted by Gasteiger charge is 2.21. The number of hydrogen-bond acceptors (Lipinski definition) is 12. The Bertz CT molecular complexity index is 2610. The molecule has 0 aliphatic carbocycles. The third kappa shape index (κ3) is 8.08. The van der Waals surface area contributed by atoms with Crippen LogP contribution in [0.2, 0.25) is 0 Å².